The van der Waals surface area contributed by atoms with Crippen LogP contribution in [0.25, 0.3) is 17.0 Å². The molecule has 0 saturated carbocycles. The predicted octanol–water partition coefficient (Wildman–Crippen LogP) is 2.39. The maximum absolute atomic E-state index is 10.7. The molecule has 0 aliphatic carbocycles. The number of carbonyl (C=O) groups is 1. The molecule has 0 unspecified atom stereocenters. The first-order chi connectivity index (χ1) is 9.19. The van der Waals surface area contributed by atoms with Crippen molar-refractivity contribution in [1.82, 2.24) is 10.3 Å². The van der Waals surface area contributed by atoms with Crippen molar-refractivity contribution in [1.29, 1.82) is 0 Å². The second-order valence-electron chi connectivity index (χ2n) is 4.15. The van der Waals surface area contributed by atoms with Gasteiger partial charge in [-0.15, -0.1) is 0 Å². The molecule has 0 radical (unpaired) electrons. The van der Waals surface area contributed by atoms with Gasteiger partial charge in [0.25, 0.3) is 0 Å². The average molecular weight is 256 g/mol. The quantitative estimate of drug-likeness (QED) is 0.913. The van der Waals surface area contributed by atoms with Gasteiger partial charge in [-0.05, 0) is 23.8 Å². The minimum Gasteiger partial charge on any atom is -0.481 e. The number of rotatable bonds is 4. The molecule has 0 saturated heterocycles. The second-order valence-corrected chi connectivity index (χ2v) is 4.15. The van der Waals surface area contributed by atoms with Gasteiger partial charge < -0.3 is 10.1 Å². The van der Waals surface area contributed by atoms with E-state index < -0.39 is 0 Å². The Morgan fingerprint density at radius 1 is 1.37 bits per heavy atom. The lowest BCUT2D eigenvalue weighted by Gasteiger charge is -2.02. The molecule has 1 amide bonds. The van der Waals surface area contributed by atoms with Gasteiger partial charge in [-0.1, -0.05) is 18.2 Å². The van der Waals surface area contributed by atoms with E-state index in [4.69, 9.17) is 4.74 Å². The molecule has 0 aliphatic rings. The normalized spacial score (nSPS) is 10.8. The molecule has 4 nitrogen and oxygen atoms in total. The highest BCUT2D eigenvalue weighted by atomic mass is 16.5. The van der Waals surface area contributed by atoms with Crippen molar-refractivity contribution in [3.63, 3.8) is 0 Å². The van der Waals surface area contributed by atoms with E-state index in [1.54, 1.807) is 7.11 Å². The van der Waals surface area contributed by atoms with E-state index in [-0.39, 0.29) is 5.91 Å². The summed E-state index contributed by atoms with van der Waals surface area (Å²) in [4.78, 5) is 15.1. The van der Waals surface area contributed by atoms with Gasteiger partial charge >= 0.3 is 0 Å². The Labute approximate surface area is 112 Å². The van der Waals surface area contributed by atoms with Crippen molar-refractivity contribution < 1.29 is 9.53 Å². The summed E-state index contributed by atoms with van der Waals surface area (Å²) in [5, 5.41) is 3.77. The molecule has 0 spiro atoms. The summed E-state index contributed by atoms with van der Waals surface area (Å²) in [7, 11) is 1.60. The van der Waals surface area contributed by atoms with Crippen molar-refractivity contribution in [3.05, 3.63) is 42.0 Å². The highest BCUT2D eigenvalue weighted by Crippen LogP contribution is 2.18. The summed E-state index contributed by atoms with van der Waals surface area (Å²) >= 11 is 0. The zero-order valence-corrected chi connectivity index (χ0v) is 11.0. The molecule has 1 N–H and O–H groups in total. The standard InChI is InChI=1S/C15H16N2O2/c1-11(18)16-9-3-4-12-5-7-14-13(10-12)6-8-15(17-14)19-2/h3-8,10H,9H2,1-2H3,(H,16,18). The number of nitrogens with zero attached hydrogens (tertiary/aromatic N) is 1. The van der Waals surface area contributed by atoms with Crippen molar-refractivity contribution in [2.75, 3.05) is 13.7 Å². The summed E-state index contributed by atoms with van der Waals surface area (Å²) in [6, 6.07) is 9.81. The molecule has 19 heavy (non-hydrogen) atoms. The van der Waals surface area contributed by atoms with E-state index >= 15 is 0 Å². The molecule has 2 aromatic rings. The van der Waals surface area contributed by atoms with E-state index in [0.29, 0.717) is 12.4 Å². The van der Waals surface area contributed by atoms with Gasteiger partial charge in [-0.25, -0.2) is 4.98 Å². The lowest BCUT2D eigenvalue weighted by Crippen LogP contribution is -2.19. The van der Waals surface area contributed by atoms with Gasteiger partial charge in [0.1, 0.15) is 0 Å². The number of methoxy groups -OCH3 is 1. The molecule has 0 atom stereocenters. The zero-order chi connectivity index (χ0) is 13.7. The van der Waals surface area contributed by atoms with Crippen molar-refractivity contribution in [2.24, 2.45) is 0 Å². The fraction of sp³-hybridized carbons (Fsp3) is 0.200. The number of ether oxygens (including phenoxy) is 1. The number of benzene rings is 1. The first-order valence-corrected chi connectivity index (χ1v) is 6.05. The zero-order valence-electron chi connectivity index (χ0n) is 11.0. The average Bonchev–Trinajstić information content (AvgIpc) is 2.42. The molecule has 1 aromatic heterocycles. The van der Waals surface area contributed by atoms with Crippen LogP contribution in [0.4, 0.5) is 0 Å². The lowest BCUT2D eigenvalue weighted by molar-refractivity contribution is -0.118. The topological polar surface area (TPSA) is 51.2 Å². The SMILES string of the molecule is COc1ccc2cc(C=CCNC(C)=O)ccc2n1. The Kier molecular flexibility index (Phi) is 4.13. The molecule has 2 rings (SSSR count). The summed E-state index contributed by atoms with van der Waals surface area (Å²) in [6.45, 7) is 2.04. The van der Waals surface area contributed by atoms with Crippen LogP contribution in [0, 0.1) is 0 Å². The minimum atomic E-state index is -0.0283. The number of aromatic nitrogens is 1. The summed E-state index contributed by atoms with van der Waals surface area (Å²) in [5.41, 5.74) is 1.98. The smallest absolute Gasteiger partial charge is 0.217 e. The van der Waals surface area contributed by atoms with Crippen LogP contribution in [0.15, 0.2) is 36.4 Å². The fourth-order valence-corrected chi connectivity index (χ4v) is 1.74. The third-order valence-electron chi connectivity index (χ3n) is 2.68. The molecule has 0 bridgehead atoms. The highest BCUT2D eigenvalue weighted by molar-refractivity contribution is 5.81. The van der Waals surface area contributed by atoms with E-state index in [1.165, 1.54) is 6.92 Å². The van der Waals surface area contributed by atoms with Crippen molar-refractivity contribution in [2.45, 2.75) is 6.92 Å². The fourth-order valence-electron chi connectivity index (χ4n) is 1.74. The Bertz CT molecular complexity index is 621. The highest BCUT2D eigenvalue weighted by Gasteiger charge is 1.98. The molecule has 1 aromatic carbocycles. The molecular formula is C15H16N2O2. The minimum absolute atomic E-state index is 0.0283. The van der Waals surface area contributed by atoms with Crippen molar-refractivity contribution in [3.8, 4) is 5.88 Å². The van der Waals surface area contributed by atoms with Crippen LogP contribution in [-0.2, 0) is 4.79 Å². The van der Waals surface area contributed by atoms with E-state index in [0.717, 1.165) is 16.5 Å². The molecule has 4 heteroatoms. The lowest BCUT2D eigenvalue weighted by atomic mass is 10.1. The molecule has 1 heterocycles. The number of carbonyl (C=O) groups excluding carboxylic acids is 1. The monoisotopic (exact) mass is 256 g/mol. The van der Waals surface area contributed by atoms with Gasteiger partial charge in [-0.2, -0.15) is 0 Å². The predicted molar refractivity (Wildman–Crippen MR) is 76.0 cm³/mol. The van der Waals surface area contributed by atoms with Gasteiger partial charge in [0.2, 0.25) is 11.8 Å². The molecule has 0 aliphatic heterocycles. The first-order valence-electron chi connectivity index (χ1n) is 6.05. The van der Waals surface area contributed by atoms with Gasteiger partial charge in [-0.3, -0.25) is 4.79 Å². The molecule has 0 fully saturated rings. The summed E-state index contributed by atoms with van der Waals surface area (Å²) < 4.78 is 5.09. The number of hydrogen-bond donors (Lipinski definition) is 1. The number of hydrogen-bond acceptors (Lipinski definition) is 3. The summed E-state index contributed by atoms with van der Waals surface area (Å²) in [5.74, 6) is 0.584. The number of fused-ring (bicyclic) bond motifs is 1. The van der Waals surface area contributed by atoms with Crippen LogP contribution < -0.4 is 10.1 Å². The maximum atomic E-state index is 10.7. The van der Waals surface area contributed by atoms with E-state index in [1.807, 2.05) is 42.5 Å². The van der Waals surface area contributed by atoms with Crippen LogP contribution in [0.1, 0.15) is 12.5 Å². The first kappa shape index (κ1) is 13.1. The van der Waals surface area contributed by atoms with Crippen LogP contribution in [0.3, 0.4) is 0 Å². The van der Waals surface area contributed by atoms with Crippen LogP contribution >= 0.6 is 0 Å². The number of nitrogens with one attached hydrogen (secondary N) is 1. The Balaban J connectivity index is 2.15. The maximum Gasteiger partial charge on any atom is 0.217 e. The second kappa shape index (κ2) is 6.00. The van der Waals surface area contributed by atoms with Crippen LogP contribution in [0.2, 0.25) is 0 Å². The van der Waals surface area contributed by atoms with Crippen LogP contribution in [-0.4, -0.2) is 24.5 Å². The Hall–Kier alpha value is -2.36. The number of amides is 1. The van der Waals surface area contributed by atoms with Crippen LogP contribution in [0.5, 0.6) is 5.88 Å². The third-order valence-corrected chi connectivity index (χ3v) is 2.68. The van der Waals surface area contributed by atoms with E-state index in [9.17, 15) is 4.79 Å². The summed E-state index contributed by atoms with van der Waals surface area (Å²) in [6.07, 6.45) is 3.89. The Morgan fingerprint density at radius 2 is 2.21 bits per heavy atom. The van der Waals surface area contributed by atoms with Gasteiger partial charge in [0, 0.05) is 24.9 Å². The van der Waals surface area contributed by atoms with E-state index in [2.05, 4.69) is 10.3 Å². The largest absolute Gasteiger partial charge is 0.481 e. The number of pyridine rings is 1. The Morgan fingerprint density at radius 3 is 2.95 bits per heavy atom. The van der Waals surface area contributed by atoms with Crippen molar-refractivity contribution >= 4 is 22.9 Å². The molecular weight excluding hydrogens is 240 g/mol. The third kappa shape index (κ3) is 3.55. The molecule has 98 valence electrons. The van der Waals surface area contributed by atoms with Gasteiger partial charge in [0.15, 0.2) is 0 Å². The van der Waals surface area contributed by atoms with Gasteiger partial charge in [0.05, 0.1) is 12.6 Å².